The van der Waals surface area contributed by atoms with Gasteiger partial charge in [0.15, 0.2) is 17.3 Å². The summed E-state index contributed by atoms with van der Waals surface area (Å²) in [6, 6.07) is 0. The molecule has 15 heteroatoms. The molecule has 0 spiro atoms. The lowest BCUT2D eigenvalue weighted by atomic mass is 9.46. The first-order valence-electron chi connectivity index (χ1n) is 15.7. The van der Waals surface area contributed by atoms with Crippen molar-refractivity contribution in [3.8, 4) is 0 Å². The monoisotopic (exact) mass is 695 g/mol. The molecule has 5 N–H and O–H groups in total. The highest BCUT2D eigenvalue weighted by Crippen LogP contribution is 2.66. The summed E-state index contributed by atoms with van der Waals surface area (Å²) in [5.41, 5.74) is 3.34. The number of hydrogen-bond acceptors (Lipinski definition) is 10. The molecule has 0 radical (unpaired) electrons. The molecule has 3 fully saturated rings. The number of ketones is 3. The number of Topliss-reactive ketones (excluding diaryl/α,β-unsaturated/α-hetero) is 2. The number of fused-ring (bicyclic) bond motifs is 5. The molecule has 260 valence electrons. The van der Waals surface area contributed by atoms with Crippen LogP contribution in [-0.4, -0.2) is 112 Å². The lowest BCUT2D eigenvalue weighted by Crippen LogP contribution is -2.60. The molecule has 1 amide bonds. The predicted octanol–water partition coefficient (Wildman–Crippen LogP) is 3.23. The molecule has 47 heavy (non-hydrogen) atoms. The summed E-state index contributed by atoms with van der Waals surface area (Å²) < 4.78 is 0. The third-order valence-corrected chi connectivity index (χ3v) is 10.5. The fraction of sp³-hybridized carbons (Fsp3) is 0.656. The molecule has 3 saturated carbocycles. The Kier molecular flexibility index (Phi) is 13.1. The minimum absolute atomic E-state index is 0.0206. The van der Waals surface area contributed by atoms with Gasteiger partial charge in [0.05, 0.1) is 6.33 Å². The maximum atomic E-state index is 13.3. The van der Waals surface area contributed by atoms with Crippen molar-refractivity contribution >= 4 is 52.3 Å². The molecular weight excluding hydrogens is 649 g/mol. The van der Waals surface area contributed by atoms with Gasteiger partial charge in [-0.3, -0.25) is 24.2 Å². The smallest absolute Gasteiger partial charge is 0.269 e. The van der Waals surface area contributed by atoms with Crippen LogP contribution in [-0.2, 0) is 14.4 Å². The number of hydrogen-bond donors (Lipinski definition) is 4. The van der Waals surface area contributed by atoms with Crippen molar-refractivity contribution in [3.05, 3.63) is 35.8 Å². The Morgan fingerprint density at radius 1 is 1.15 bits per heavy atom. The minimum Gasteiger partial charge on any atom is -0.388 e. The van der Waals surface area contributed by atoms with Crippen molar-refractivity contribution in [3.63, 3.8) is 0 Å². The van der Waals surface area contributed by atoms with Gasteiger partial charge in [-0.2, -0.15) is 0 Å². The first-order chi connectivity index (χ1) is 22.1. The summed E-state index contributed by atoms with van der Waals surface area (Å²) in [5.74, 6) is 0.375. The molecule has 1 aromatic heterocycles. The number of aromatic nitrogens is 2. The number of primary amides is 1. The van der Waals surface area contributed by atoms with Gasteiger partial charge in [0, 0.05) is 62.1 Å². The van der Waals surface area contributed by atoms with Crippen LogP contribution in [0.2, 0.25) is 0 Å². The zero-order chi connectivity index (χ0) is 35.2. The van der Waals surface area contributed by atoms with E-state index >= 15 is 0 Å². The van der Waals surface area contributed by atoms with Gasteiger partial charge in [-0.05, 0) is 56.7 Å². The summed E-state index contributed by atoms with van der Waals surface area (Å²) in [6.07, 6.45) is 9.16. The van der Waals surface area contributed by atoms with Crippen molar-refractivity contribution in [2.75, 3.05) is 52.6 Å². The summed E-state index contributed by atoms with van der Waals surface area (Å²) in [4.78, 5) is 56.6. The van der Waals surface area contributed by atoms with E-state index in [9.17, 15) is 29.4 Å². The van der Waals surface area contributed by atoms with Crippen LogP contribution in [0.4, 0.5) is 5.82 Å². The second kappa shape index (κ2) is 16.0. The Hall–Kier alpha value is -2.97. The average Bonchev–Trinajstić information content (AvgIpc) is 3.59. The largest absolute Gasteiger partial charge is 0.388 e. The highest BCUT2D eigenvalue weighted by molar-refractivity contribution is 6.18. The summed E-state index contributed by atoms with van der Waals surface area (Å²) in [6.45, 7) is 5.04. The van der Waals surface area contributed by atoms with Crippen LogP contribution in [0.15, 0.2) is 40.5 Å². The average molecular weight is 697 g/mol. The highest BCUT2D eigenvalue weighted by Gasteiger charge is 2.68. The van der Waals surface area contributed by atoms with Gasteiger partial charge in [0.1, 0.15) is 18.0 Å². The van der Waals surface area contributed by atoms with Crippen molar-refractivity contribution < 1.29 is 29.4 Å². The number of imidazole rings is 1. The van der Waals surface area contributed by atoms with E-state index in [2.05, 4.69) is 25.2 Å². The molecule has 4 aliphatic carbocycles. The van der Waals surface area contributed by atoms with Crippen molar-refractivity contribution in [1.82, 2.24) is 19.9 Å². The van der Waals surface area contributed by atoms with Gasteiger partial charge in [-0.1, -0.05) is 30.7 Å². The number of carbonyl (C=O) groups is 4. The zero-order valence-electron chi connectivity index (χ0n) is 27.7. The van der Waals surface area contributed by atoms with Crippen molar-refractivity contribution in [1.29, 1.82) is 0 Å². The Morgan fingerprint density at radius 2 is 1.81 bits per heavy atom. The fourth-order valence-corrected chi connectivity index (χ4v) is 8.28. The lowest BCUT2D eigenvalue weighted by Gasteiger charge is -2.56. The lowest BCUT2D eigenvalue weighted by molar-refractivity contribution is -0.168. The van der Waals surface area contributed by atoms with E-state index in [1.165, 1.54) is 11.3 Å². The molecular formula is C32H47Cl2N7O6. The number of aromatic amines is 1. The highest BCUT2D eigenvalue weighted by atomic mass is 35.5. The summed E-state index contributed by atoms with van der Waals surface area (Å²) >= 11 is 10.9. The molecule has 1 heterocycles. The van der Waals surface area contributed by atoms with Gasteiger partial charge in [0.25, 0.3) is 5.91 Å². The fourth-order valence-electron chi connectivity index (χ4n) is 7.70. The number of amides is 1. The molecule has 0 aromatic carbocycles. The predicted molar refractivity (Wildman–Crippen MR) is 178 cm³/mol. The second-order valence-electron chi connectivity index (χ2n) is 13.2. The SMILES string of the molecule is CN(C)N=Nc1nc[nH]c1C(N)=O.CN(CCCl)CCCl.C[C@]12C=CC(=O)C=C1CC[C@@H]1[C@@H]2C(=O)C[C@@]2(C)[C@H]1CC[C@]2(O)C(=O)CO. The normalized spacial score (nSPS) is 30.8. The maximum Gasteiger partial charge on any atom is 0.269 e. The number of aliphatic hydroxyl groups is 2. The summed E-state index contributed by atoms with van der Waals surface area (Å²) in [7, 11) is 5.42. The molecule has 0 saturated heterocycles. The van der Waals surface area contributed by atoms with Gasteiger partial charge in [-0.25, -0.2) is 4.98 Å². The van der Waals surface area contributed by atoms with E-state index in [1.807, 2.05) is 27.0 Å². The minimum atomic E-state index is -1.62. The van der Waals surface area contributed by atoms with Gasteiger partial charge in [-0.15, -0.1) is 28.3 Å². The van der Waals surface area contributed by atoms with Crippen LogP contribution in [0.5, 0.6) is 0 Å². The number of rotatable bonds is 9. The number of nitrogens with two attached hydrogens (primary N) is 1. The Labute approximate surface area is 285 Å². The van der Waals surface area contributed by atoms with Gasteiger partial charge < -0.3 is 25.8 Å². The van der Waals surface area contributed by atoms with E-state index < -0.39 is 34.7 Å². The molecule has 13 nitrogen and oxygen atoms in total. The number of H-pyrrole nitrogens is 1. The maximum absolute atomic E-state index is 13.3. The molecule has 6 atom stereocenters. The third-order valence-electron chi connectivity index (χ3n) is 10.1. The first kappa shape index (κ1) is 38.5. The molecule has 5 rings (SSSR count). The second-order valence-corrected chi connectivity index (χ2v) is 14.0. The molecule has 0 bridgehead atoms. The van der Waals surface area contributed by atoms with Crippen LogP contribution in [0.25, 0.3) is 0 Å². The number of halogens is 2. The van der Waals surface area contributed by atoms with Gasteiger partial charge in [0.2, 0.25) is 5.82 Å². The summed E-state index contributed by atoms with van der Waals surface area (Å²) in [5, 5.41) is 29.3. The van der Waals surface area contributed by atoms with E-state index in [1.54, 1.807) is 26.2 Å². The standard InChI is InChI=1S/C21H26O5.C6H10N6O.C5H11Cl2N/c1-19-7-5-13(23)9-12(19)3-4-14-15-6-8-21(26,17(25)11-22)20(15,2)10-16(24)18(14)19;1-12(2)11-10-6-4(5(7)13)8-3-9-6;1-8(4-2-6)5-3-7/h5,7,9,14-15,18,22,26H,3-4,6,8,10-11H2,1-2H3;3H,1-2H3,(H2,7,13)(H,8,9);2-5H2,1H3/t14-,15-,18+,19-,20-,21-;;/m0../s1. The number of carbonyl (C=O) groups excluding carboxylic acids is 4. The molecule has 4 aliphatic rings. The number of nitrogens with zero attached hydrogens (tertiary/aromatic N) is 5. The molecule has 0 aliphatic heterocycles. The topological polar surface area (TPSA) is 195 Å². The zero-order valence-corrected chi connectivity index (χ0v) is 29.2. The number of nitrogens with one attached hydrogen (secondary N) is 1. The number of allylic oxidation sites excluding steroid dienone is 4. The quantitative estimate of drug-likeness (QED) is 0.170. The Balaban J connectivity index is 0.000000238. The Bertz CT molecular complexity index is 1410. The van der Waals surface area contributed by atoms with E-state index in [0.29, 0.717) is 24.6 Å². The van der Waals surface area contributed by atoms with Crippen molar-refractivity contribution in [2.45, 2.75) is 51.6 Å². The van der Waals surface area contributed by atoms with Crippen LogP contribution in [0.3, 0.4) is 0 Å². The van der Waals surface area contributed by atoms with Crippen molar-refractivity contribution in [2.24, 2.45) is 44.7 Å². The van der Waals surface area contributed by atoms with Crippen LogP contribution < -0.4 is 5.73 Å². The third kappa shape index (κ3) is 8.02. The van der Waals surface area contributed by atoms with Crippen LogP contribution >= 0.6 is 23.2 Å². The van der Waals surface area contributed by atoms with Crippen LogP contribution in [0, 0.1) is 28.6 Å². The van der Waals surface area contributed by atoms with Crippen LogP contribution in [0.1, 0.15) is 56.4 Å². The Morgan fingerprint density at radius 3 is 2.38 bits per heavy atom. The first-order valence-corrected chi connectivity index (χ1v) is 16.7. The molecule has 0 unspecified atom stereocenters. The molecule has 1 aromatic rings. The van der Waals surface area contributed by atoms with E-state index in [4.69, 9.17) is 28.9 Å². The van der Waals surface area contributed by atoms with E-state index in [-0.39, 0.29) is 47.3 Å². The van der Waals surface area contributed by atoms with Gasteiger partial charge >= 0.3 is 0 Å². The van der Waals surface area contributed by atoms with E-state index in [0.717, 1.165) is 31.5 Å². The number of alkyl halides is 2. The number of aliphatic hydroxyl groups excluding tert-OH is 1.